The fourth-order valence-electron chi connectivity index (χ4n) is 1.31. The molecule has 1 aliphatic rings. The Hall–Kier alpha value is -0.830. The van der Waals surface area contributed by atoms with Gasteiger partial charge in [-0.3, -0.25) is 4.79 Å². The van der Waals surface area contributed by atoms with E-state index in [0.717, 1.165) is 38.1 Å². The van der Waals surface area contributed by atoms with E-state index in [1.165, 1.54) is 0 Å². The van der Waals surface area contributed by atoms with Crippen LogP contribution in [0, 0.1) is 0 Å². The van der Waals surface area contributed by atoms with Crippen LogP contribution in [0.4, 0.5) is 0 Å². The third kappa shape index (κ3) is 3.59. The highest BCUT2D eigenvalue weighted by Crippen LogP contribution is 2.13. The molecule has 0 bridgehead atoms. The van der Waals surface area contributed by atoms with Crippen LogP contribution in [0.2, 0.25) is 0 Å². The molecule has 0 aromatic rings. The number of nitrogens with one attached hydrogen (secondary N) is 1. The average molecular weight is 183 g/mol. The first-order valence-electron chi connectivity index (χ1n) is 4.89. The van der Waals surface area contributed by atoms with Crippen LogP contribution in [0.5, 0.6) is 0 Å². The first kappa shape index (κ1) is 10.3. The first-order valence-corrected chi connectivity index (χ1v) is 4.89. The highest BCUT2D eigenvalue weighted by molar-refractivity contribution is 5.95. The van der Waals surface area contributed by atoms with Crippen LogP contribution in [0.1, 0.15) is 26.2 Å². The largest absolute Gasteiger partial charge is 0.501 e. The lowest BCUT2D eigenvalue weighted by atomic mass is 10.0. The quantitative estimate of drug-likeness (QED) is 0.652. The predicted molar refractivity (Wildman–Crippen MR) is 51.4 cm³/mol. The number of Topliss-reactive ketones (excluding diaryl/α,β-unsaturated/α-hetero) is 1. The minimum Gasteiger partial charge on any atom is -0.501 e. The topological polar surface area (TPSA) is 38.3 Å². The van der Waals surface area contributed by atoms with Crippen molar-refractivity contribution in [1.82, 2.24) is 5.32 Å². The van der Waals surface area contributed by atoms with Crippen LogP contribution in [-0.4, -0.2) is 25.5 Å². The number of carbonyl (C=O) groups is 1. The van der Waals surface area contributed by atoms with E-state index < -0.39 is 0 Å². The Morgan fingerprint density at radius 1 is 1.69 bits per heavy atom. The van der Waals surface area contributed by atoms with Gasteiger partial charge in [-0.25, -0.2) is 0 Å². The van der Waals surface area contributed by atoms with E-state index in [2.05, 4.69) is 5.32 Å². The van der Waals surface area contributed by atoms with Gasteiger partial charge in [0.1, 0.15) is 0 Å². The average Bonchev–Trinajstić information content (AvgIpc) is 2.19. The highest BCUT2D eigenvalue weighted by atomic mass is 16.5. The molecular weight excluding hydrogens is 166 g/mol. The lowest BCUT2D eigenvalue weighted by Gasteiger charge is -2.12. The molecule has 1 N–H and O–H groups in total. The second-order valence-electron chi connectivity index (χ2n) is 3.14. The molecule has 1 aliphatic heterocycles. The van der Waals surface area contributed by atoms with Crippen molar-refractivity contribution in [2.45, 2.75) is 26.2 Å². The van der Waals surface area contributed by atoms with Crippen molar-refractivity contribution in [2.75, 3.05) is 19.7 Å². The molecule has 0 spiro atoms. The molecule has 3 heteroatoms. The monoisotopic (exact) mass is 183 g/mol. The Morgan fingerprint density at radius 2 is 2.54 bits per heavy atom. The van der Waals surface area contributed by atoms with Gasteiger partial charge < -0.3 is 10.1 Å². The summed E-state index contributed by atoms with van der Waals surface area (Å²) in [6.45, 7) is 4.48. The molecule has 3 nitrogen and oxygen atoms in total. The third-order valence-corrected chi connectivity index (χ3v) is 2.07. The van der Waals surface area contributed by atoms with E-state index in [1.54, 1.807) is 6.26 Å². The fraction of sp³-hybridized carbons (Fsp3) is 0.700. The van der Waals surface area contributed by atoms with Crippen molar-refractivity contribution in [1.29, 1.82) is 0 Å². The summed E-state index contributed by atoms with van der Waals surface area (Å²) in [5.41, 5.74) is 0.851. The minimum atomic E-state index is 0.223. The Morgan fingerprint density at radius 3 is 3.15 bits per heavy atom. The molecular formula is C10H17NO2. The van der Waals surface area contributed by atoms with E-state index in [4.69, 9.17) is 4.74 Å². The van der Waals surface area contributed by atoms with Crippen LogP contribution in [0.25, 0.3) is 0 Å². The van der Waals surface area contributed by atoms with Gasteiger partial charge >= 0.3 is 0 Å². The zero-order chi connectivity index (χ0) is 9.52. The Kier molecular flexibility index (Phi) is 4.54. The van der Waals surface area contributed by atoms with E-state index in [1.807, 2.05) is 6.92 Å². The zero-order valence-corrected chi connectivity index (χ0v) is 8.14. The standard InChI is InChI=1S/C10H17NO2/c1-2-11-6-5-10(12)9-4-3-7-13-8-9/h8,11H,2-7H2,1H3. The lowest BCUT2D eigenvalue weighted by molar-refractivity contribution is -0.116. The predicted octanol–water partition coefficient (Wildman–Crippen LogP) is 1.25. The number of hydrogen-bond acceptors (Lipinski definition) is 3. The molecule has 13 heavy (non-hydrogen) atoms. The number of ether oxygens (including phenoxy) is 1. The van der Waals surface area contributed by atoms with Gasteiger partial charge in [-0.05, 0) is 19.4 Å². The molecule has 1 rings (SSSR count). The van der Waals surface area contributed by atoms with Gasteiger partial charge in [0.2, 0.25) is 0 Å². The Labute approximate surface area is 79.2 Å². The summed E-state index contributed by atoms with van der Waals surface area (Å²) in [5.74, 6) is 0.223. The van der Waals surface area contributed by atoms with Gasteiger partial charge in [0.05, 0.1) is 12.9 Å². The van der Waals surface area contributed by atoms with Gasteiger partial charge in [0.25, 0.3) is 0 Å². The minimum absolute atomic E-state index is 0.223. The second kappa shape index (κ2) is 5.75. The molecule has 0 aromatic heterocycles. The van der Waals surface area contributed by atoms with Crippen LogP contribution >= 0.6 is 0 Å². The maximum atomic E-state index is 11.5. The van der Waals surface area contributed by atoms with Crippen LogP contribution in [-0.2, 0) is 9.53 Å². The van der Waals surface area contributed by atoms with Crippen molar-refractivity contribution in [3.8, 4) is 0 Å². The summed E-state index contributed by atoms with van der Waals surface area (Å²) in [6, 6.07) is 0. The van der Waals surface area contributed by atoms with Gasteiger partial charge in [-0.15, -0.1) is 0 Å². The Balaban J connectivity index is 2.25. The van der Waals surface area contributed by atoms with Crippen molar-refractivity contribution < 1.29 is 9.53 Å². The molecule has 1 heterocycles. The summed E-state index contributed by atoms with van der Waals surface area (Å²) in [6.07, 6.45) is 4.06. The smallest absolute Gasteiger partial charge is 0.163 e. The third-order valence-electron chi connectivity index (χ3n) is 2.07. The molecule has 0 saturated carbocycles. The summed E-state index contributed by atoms with van der Waals surface area (Å²) in [4.78, 5) is 11.5. The summed E-state index contributed by atoms with van der Waals surface area (Å²) < 4.78 is 5.11. The number of hydrogen-bond donors (Lipinski definition) is 1. The van der Waals surface area contributed by atoms with Gasteiger partial charge in [-0.1, -0.05) is 6.92 Å². The zero-order valence-electron chi connectivity index (χ0n) is 8.14. The highest BCUT2D eigenvalue weighted by Gasteiger charge is 2.12. The SMILES string of the molecule is CCNCCC(=O)C1=COCCC1. The van der Waals surface area contributed by atoms with Gasteiger partial charge in [0.15, 0.2) is 5.78 Å². The Bertz CT molecular complexity index is 199. The van der Waals surface area contributed by atoms with Crippen molar-refractivity contribution in [2.24, 2.45) is 0 Å². The lowest BCUT2D eigenvalue weighted by Crippen LogP contribution is -2.19. The van der Waals surface area contributed by atoms with Crippen LogP contribution in [0.3, 0.4) is 0 Å². The first-order chi connectivity index (χ1) is 6.34. The second-order valence-corrected chi connectivity index (χ2v) is 3.14. The molecule has 0 atom stereocenters. The van der Waals surface area contributed by atoms with Crippen molar-refractivity contribution >= 4 is 5.78 Å². The van der Waals surface area contributed by atoms with Gasteiger partial charge in [0, 0.05) is 18.5 Å². The number of allylic oxidation sites excluding steroid dienone is 1. The molecule has 0 radical (unpaired) electrons. The number of rotatable bonds is 5. The molecule has 0 unspecified atom stereocenters. The molecule has 0 amide bonds. The van der Waals surface area contributed by atoms with Gasteiger partial charge in [-0.2, -0.15) is 0 Å². The van der Waals surface area contributed by atoms with E-state index >= 15 is 0 Å². The summed E-state index contributed by atoms with van der Waals surface area (Å²) in [5, 5.41) is 3.13. The number of ketones is 1. The molecule has 0 aromatic carbocycles. The van der Waals surface area contributed by atoms with Crippen molar-refractivity contribution in [3.05, 3.63) is 11.8 Å². The number of carbonyl (C=O) groups excluding carboxylic acids is 1. The molecule has 0 saturated heterocycles. The maximum absolute atomic E-state index is 11.5. The summed E-state index contributed by atoms with van der Waals surface area (Å²) >= 11 is 0. The van der Waals surface area contributed by atoms with E-state index in [0.29, 0.717) is 6.42 Å². The van der Waals surface area contributed by atoms with Crippen LogP contribution < -0.4 is 5.32 Å². The maximum Gasteiger partial charge on any atom is 0.163 e. The van der Waals surface area contributed by atoms with Crippen molar-refractivity contribution in [3.63, 3.8) is 0 Å². The normalized spacial score (nSPS) is 16.2. The summed E-state index contributed by atoms with van der Waals surface area (Å²) in [7, 11) is 0. The molecule has 74 valence electrons. The van der Waals surface area contributed by atoms with E-state index in [-0.39, 0.29) is 5.78 Å². The van der Waals surface area contributed by atoms with Crippen LogP contribution in [0.15, 0.2) is 11.8 Å². The molecule has 0 aliphatic carbocycles. The fourth-order valence-corrected chi connectivity index (χ4v) is 1.31. The van der Waals surface area contributed by atoms with E-state index in [9.17, 15) is 4.79 Å². The molecule has 0 fully saturated rings.